The molecule has 3 N–H and O–H groups in total. The van der Waals surface area contributed by atoms with Crippen LogP contribution in [0.1, 0.15) is 35.2 Å². The molecule has 1 saturated heterocycles. The number of rotatable bonds is 6. The molecule has 1 atom stereocenters. The predicted octanol–water partition coefficient (Wildman–Crippen LogP) is 2.84. The van der Waals surface area contributed by atoms with Crippen molar-refractivity contribution in [3.63, 3.8) is 0 Å². The van der Waals surface area contributed by atoms with E-state index in [-0.39, 0.29) is 23.7 Å². The van der Waals surface area contributed by atoms with Gasteiger partial charge in [0.2, 0.25) is 5.91 Å². The van der Waals surface area contributed by atoms with Crippen molar-refractivity contribution >= 4 is 17.5 Å². The standard InChI is InChI=1S/C20H22FN3O2/c21-16-7-9-17(10-8-16)24-20(26)15-5-3-14(4-6-15)13-23-19(25)12-18-2-1-11-22-18/h3-10,18,22H,1-2,11-13H2,(H,23,25)(H,24,26). The third kappa shape index (κ3) is 5.13. The molecule has 0 radical (unpaired) electrons. The maximum atomic E-state index is 12.9. The van der Waals surface area contributed by atoms with Crippen molar-refractivity contribution in [1.82, 2.24) is 10.6 Å². The van der Waals surface area contributed by atoms with Crippen molar-refractivity contribution in [2.75, 3.05) is 11.9 Å². The first-order valence-electron chi connectivity index (χ1n) is 8.76. The van der Waals surface area contributed by atoms with Crippen molar-refractivity contribution < 1.29 is 14.0 Å². The quantitative estimate of drug-likeness (QED) is 0.746. The van der Waals surface area contributed by atoms with Gasteiger partial charge in [-0.2, -0.15) is 0 Å². The first-order chi connectivity index (χ1) is 12.6. The molecule has 2 amide bonds. The third-order valence-corrected chi connectivity index (χ3v) is 4.40. The Balaban J connectivity index is 1.48. The summed E-state index contributed by atoms with van der Waals surface area (Å²) in [6.07, 6.45) is 2.67. The van der Waals surface area contributed by atoms with Crippen molar-refractivity contribution in [1.29, 1.82) is 0 Å². The molecule has 0 aromatic heterocycles. The van der Waals surface area contributed by atoms with E-state index in [2.05, 4.69) is 16.0 Å². The molecule has 0 saturated carbocycles. The molecule has 1 heterocycles. The molecule has 1 aliphatic heterocycles. The maximum absolute atomic E-state index is 12.9. The predicted molar refractivity (Wildman–Crippen MR) is 98.3 cm³/mol. The van der Waals surface area contributed by atoms with Crippen LogP contribution in [0.15, 0.2) is 48.5 Å². The highest BCUT2D eigenvalue weighted by atomic mass is 19.1. The van der Waals surface area contributed by atoms with Crippen LogP contribution in [0.3, 0.4) is 0 Å². The number of anilines is 1. The number of carbonyl (C=O) groups is 2. The molecular weight excluding hydrogens is 333 g/mol. The fourth-order valence-electron chi connectivity index (χ4n) is 2.94. The van der Waals surface area contributed by atoms with Crippen molar-refractivity contribution in [3.8, 4) is 0 Å². The lowest BCUT2D eigenvalue weighted by atomic mass is 10.1. The van der Waals surface area contributed by atoms with Crippen LogP contribution >= 0.6 is 0 Å². The molecule has 0 aliphatic carbocycles. The molecule has 0 spiro atoms. The summed E-state index contributed by atoms with van der Waals surface area (Å²) in [6.45, 7) is 1.42. The van der Waals surface area contributed by atoms with Gasteiger partial charge in [0.25, 0.3) is 5.91 Å². The van der Waals surface area contributed by atoms with Crippen LogP contribution in [-0.4, -0.2) is 24.4 Å². The fraction of sp³-hybridized carbons (Fsp3) is 0.300. The zero-order valence-electron chi connectivity index (χ0n) is 14.4. The maximum Gasteiger partial charge on any atom is 0.255 e. The molecule has 136 valence electrons. The molecule has 1 aliphatic rings. The molecule has 5 nitrogen and oxygen atoms in total. The number of nitrogens with one attached hydrogen (secondary N) is 3. The van der Waals surface area contributed by atoms with Crippen LogP contribution in [-0.2, 0) is 11.3 Å². The first-order valence-corrected chi connectivity index (χ1v) is 8.76. The van der Waals surface area contributed by atoms with Gasteiger partial charge >= 0.3 is 0 Å². The van der Waals surface area contributed by atoms with Gasteiger partial charge in [-0.25, -0.2) is 4.39 Å². The van der Waals surface area contributed by atoms with Gasteiger partial charge in [0.15, 0.2) is 0 Å². The first kappa shape index (κ1) is 18.1. The average molecular weight is 355 g/mol. The third-order valence-electron chi connectivity index (χ3n) is 4.40. The van der Waals surface area contributed by atoms with E-state index in [1.54, 1.807) is 12.1 Å². The van der Waals surface area contributed by atoms with E-state index >= 15 is 0 Å². The minimum absolute atomic E-state index is 0.0301. The summed E-state index contributed by atoms with van der Waals surface area (Å²) in [5, 5.41) is 8.92. The van der Waals surface area contributed by atoms with Crippen LogP contribution in [0.4, 0.5) is 10.1 Å². The van der Waals surface area contributed by atoms with Crippen LogP contribution in [0.25, 0.3) is 0 Å². The molecule has 2 aromatic rings. The van der Waals surface area contributed by atoms with Crippen molar-refractivity contribution in [3.05, 3.63) is 65.5 Å². The zero-order chi connectivity index (χ0) is 18.4. The van der Waals surface area contributed by atoms with Gasteiger partial charge in [0.05, 0.1) is 0 Å². The van der Waals surface area contributed by atoms with Gasteiger partial charge < -0.3 is 16.0 Å². The minimum atomic E-state index is -0.349. The Bertz CT molecular complexity index is 754. The zero-order valence-corrected chi connectivity index (χ0v) is 14.4. The van der Waals surface area contributed by atoms with E-state index in [0.717, 1.165) is 24.9 Å². The van der Waals surface area contributed by atoms with Crippen molar-refractivity contribution in [2.45, 2.75) is 31.8 Å². The second-order valence-corrected chi connectivity index (χ2v) is 6.43. The van der Waals surface area contributed by atoms with Gasteiger partial charge in [-0.05, 0) is 61.3 Å². The number of benzene rings is 2. The second-order valence-electron chi connectivity index (χ2n) is 6.43. The molecule has 26 heavy (non-hydrogen) atoms. The van der Waals surface area contributed by atoms with Crippen LogP contribution < -0.4 is 16.0 Å². The molecule has 3 rings (SSSR count). The lowest BCUT2D eigenvalue weighted by molar-refractivity contribution is -0.121. The summed E-state index contributed by atoms with van der Waals surface area (Å²) in [7, 11) is 0. The Labute approximate surface area is 152 Å². The number of carbonyl (C=O) groups excluding carboxylic acids is 2. The summed E-state index contributed by atoms with van der Waals surface area (Å²) < 4.78 is 12.9. The molecule has 0 bridgehead atoms. The molecule has 6 heteroatoms. The minimum Gasteiger partial charge on any atom is -0.352 e. The van der Waals surface area contributed by atoms with Crippen LogP contribution in [0.5, 0.6) is 0 Å². The second kappa shape index (κ2) is 8.58. The highest BCUT2D eigenvalue weighted by Crippen LogP contribution is 2.12. The largest absolute Gasteiger partial charge is 0.352 e. The Morgan fingerprint density at radius 1 is 1.08 bits per heavy atom. The van der Waals surface area contributed by atoms with E-state index in [1.807, 2.05) is 12.1 Å². The van der Waals surface area contributed by atoms with Gasteiger partial charge in [-0.1, -0.05) is 12.1 Å². The fourth-order valence-corrected chi connectivity index (χ4v) is 2.94. The van der Waals surface area contributed by atoms with Gasteiger partial charge in [-0.15, -0.1) is 0 Å². The smallest absolute Gasteiger partial charge is 0.255 e. The lowest BCUT2D eigenvalue weighted by Gasteiger charge is -2.11. The van der Waals surface area contributed by atoms with Crippen LogP contribution in [0, 0.1) is 5.82 Å². The Hall–Kier alpha value is -2.73. The molecule has 2 aromatic carbocycles. The van der Waals surface area contributed by atoms with Gasteiger partial charge in [-0.3, -0.25) is 9.59 Å². The van der Waals surface area contributed by atoms with Gasteiger partial charge in [0.1, 0.15) is 5.82 Å². The Kier molecular flexibility index (Phi) is 5.96. The molecule has 1 unspecified atom stereocenters. The van der Waals surface area contributed by atoms with E-state index in [1.165, 1.54) is 24.3 Å². The summed E-state index contributed by atoms with van der Waals surface area (Å²) in [6, 6.07) is 12.9. The normalized spacial score (nSPS) is 16.3. The summed E-state index contributed by atoms with van der Waals surface area (Å²) in [5.74, 6) is -0.583. The summed E-state index contributed by atoms with van der Waals surface area (Å²) in [4.78, 5) is 24.1. The SMILES string of the molecule is O=C(CC1CCCN1)NCc1ccc(C(=O)Nc2ccc(F)cc2)cc1. The highest BCUT2D eigenvalue weighted by Gasteiger charge is 2.17. The number of amides is 2. The van der Waals surface area contributed by atoms with Crippen LogP contribution in [0.2, 0.25) is 0 Å². The van der Waals surface area contributed by atoms with E-state index in [9.17, 15) is 14.0 Å². The average Bonchev–Trinajstić information content (AvgIpc) is 3.15. The number of hydrogen-bond donors (Lipinski definition) is 3. The summed E-state index contributed by atoms with van der Waals surface area (Å²) in [5.41, 5.74) is 1.96. The van der Waals surface area contributed by atoms with Gasteiger partial charge in [0, 0.05) is 30.3 Å². The summed E-state index contributed by atoms with van der Waals surface area (Å²) >= 11 is 0. The van der Waals surface area contributed by atoms with E-state index in [4.69, 9.17) is 0 Å². The molecular formula is C20H22FN3O2. The highest BCUT2D eigenvalue weighted by molar-refractivity contribution is 6.04. The topological polar surface area (TPSA) is 70.2 Å². The number of hydrogen-bond acceptors (Lipinski definition) is 3. The van der Waals surface area contributed by atoms with Crippen molar-refractivity contribution in [2.24, 2.45) is 0 Å². The monoisotopic (exact) mass is 355 g/mol. The van der Waals surface area contributed by atoms with E-state index < -0.39 is 0 Å². The van der Waals surface area contributed by atoms with E-state index in [0.29, 0.717) is 24.2 Å². The Morgan fingerprint density at radius 2 is 1.81 bits per heavy atom. The number of halogens is 1. The lowest BCUT2D eigenvalue weighted by Crippen LogP contribution is -2.31. The Morgan fingerprint density at radius 3 is 2.46 bits per heavy atom. The molecule has 1 fully saturated rings.